The highest BCUT2D eigenvalue weighted by atomic mass is 79.9. The van der Waals surface area contributed by atoms with E-state index in [0.29, 0.717) is 47.7 Å². The van der Waals surface area contributed by atoms with Crippen molar-refractivity contribution in [1.29, 1.82) is 0 Å². The minimum Gasteiger partial charge on any atom is -0.493 e. The number of piperazine rings is 1. The number of benzene rings is 2. The monoisotopic (exact) mass is 545 g/mol. The second-order valence-electron chi connectivity index (χ2n) is 7.71. The Morgan fingerprint density at radius 1 is 1.06 bits per heavy atom. The van der Waals surface area contributed by atoms with E-state index in [2.05, 4.69) is 20.8 Å². The number of amides is 3. The van der Waals surface area contributed by atoms with Crippen LogP contribution in [-0.2, 0) is 9.59 Å². The molecule has 10 heteroatoms. The molecular weight excluding hydrogens is 522 g/mol. The highest BCUT2D eigenvalue weighted by molar-refractivity contribution is 9.10. The molecule has 2 aliphatic rings. The molecule has 0 atom stereocenters. The van der Waals surface area contributed by atoms with Crippen LogP contribution in [0.25, 0.3) is 6.08 Å². The SMILES string of the molecule is COc1cc(/C=C2/SC(=O)N(CC(=O)N3CCN(c4ccccc4)CC3)C2=O)cc(Br)c1OC. The maximum atomic E-state index is 12.9. The largest absolute Gasteiger partial charge is 0.493 e. The summed E-state index contributed by atoms with van der Waals surface area (Å²) in [6.07, 6.45) is 1.61. The van der Waals surface area contributed by atoms with E-state index in [1.165, 1.54) is 14.2 Å². The van der Waals surface area contributed by atoms with Crippen LogP contribution in [0.4, 0.5) is 10.5 Å². The maximum absolute atomic E-state index is 12.9. The van der Waals surface area contributed by atoms with Gasteiger partial charge < -0.3 is 19.3 Å². The Hall–Kier alpha value is -2.98. The number of para-hydroxylation sites is 1. The summed E-state index contributed by atoms with van der Waals surface area (Å²) in [6, 6.07) is 13.5. The van der Waals surface area contributed by atoms with Gasteiger partial charge in [-0.2, -0.15) is 0 Å². The van der Waals surface area contributed by atoms with E-state index in [-0.39, 0.29) is 17.4 Å². The lowest BCUT2D eigenvalue weighted by atomic mass is 10.2. The molecule has 2 aromatic carbocycles. The quantitative estimate of drug-likeness (QED) is 0.510. The lowest BCUT2D eigenvalue weighted by Crippen LogP contribution is -2.51. The molecule has 0 bridgehead atoms. The van der Waals surface area contributed by atoms with E-state index in [4.69, 9.17) is 9.47 Å². The fourth-order valence-corrected chi connectivity index (χ4v) is 5.36. The third-order valence-electron chi connectivity index (χ3n) is 5.67. The van der Waals surface area contributed by atoms with Gasteiger partial charge in [0.05, 0.1) is 23.6 Å². The van der Waals surface area contributed by atoms with Gasteiger partial charge in [0.15, 0.2) is 11.5 Å². The van der Waals surface area contributed by atoms with Crippen molar-refractivity contribution in [2.24, 2.45) is 0 Å². The normalized spacial score (nSPS) is 17.5. The number of carbonyl (C=O) groups excluding carboxylic acids is 3. The van der Waals surface area contributed by atoms with Crippen molar-refractivity contribution in [2.75, 3.05) is 51.8 Å². The summed E-state index contributed by atoms with van der Waals surface area (Å²) in [6.45, 7) is 2.22. The van der Waals surface area contributed by atoms with Crippen LogP contribution in [0.1, 0.15) is 5.56 Å². The molecule has 2 saturated heterocycles. The molecule has 2 aliphatic heterocycles. The van der Waals surface area contributed by atoms with Crippen molar-refractivity contribution in [2.45, 2.75) is 0 Å². The molecule has 0 unspecified atom stereocenters. The number of carbonyl (C=O) groups is 3. The minimum atomic E-state index is -0.475. The molecule has 0 aromatic heterocycles. The number of imide groups is 1. The third-order valence-corrected chi connectivity index (χ3v) is 7.17. The third kappa shape index (κ3) is 5.07. The minimum absolute atomic E-state index is 0.231. The second-order valence-corrected chi connectivity index (χ2v) is 9.56. The first-order chi connectivity index (χ1) is 16.4. The maximum Gasteiger partial charge on any atom is 0.294 e. The number of ether oxygens (including phenoxy) is 2. The van der Waals surface area contributed by atoms with Gasteiger partial charge in [-0.3, -0.25) is 19.3 Å². The smallest absolute Gasteiger partial charge is 0.294 e. The first kappa shape index (κ1) is 24.2. The van der Waals surface area contributed by atoms with E-state index in [0.717, 1.165) is 22.3 Å². The lowest BCUT2D eigenvalue weighted by molar-refractivity contribution is -0.136. The predicted octanol–water partition coefficient (Wildman–Crippen LogP) is 3.85. The van der Waals surface area contributed by atoms with E-state index in [9.17, 15) is 14.4 Å². The van der Waals surface area contributed by atoms with Gasteiger partial charge in [0.2, 0.25) is 5.91 Å². The first-order valence-corrected chi connectivity index (χ1v) is 12.3. The fraction of sp³-hybridized carbons (Fsp3) is 0.292. The van der Waals surface area contributed by atoms with Gasteiger partial charge in [-0.15, -0.1) is 0 Å². The van der Waals surface area contributed by atoms with E-state index < -0.39 is 11.1 Å². The zero-order valence-electron chi connectivity index (χ0n) is 18.8. The summed E-state index contributed by atoms with van der Waals surface area (Å²) in [5.74, 6) is 0.320. The molecule has 0 radical (unpaired) electrons. The molecule has 2 aromatic rings. The molecule has 2 heterocycles. The average molecular weight is 546 g/mol. The summed E-state index contributed by atoms with van der Waals surface area (Å²) in [7, 11) is 3.05. The first-order valence-electron chi connectivity index (χ1n) is 10.7. The van der Waals surface area contributed by atoms with Crippen molar-refractivity contribution in [3.05, 3.63) is 57.4 Å². The van der Waals surface area contributed by atoms with Crippen molar-refractivity contribution in [1.82, 2.24) is 9.80 Å². The molecular formula is C24H24BrN3O5S. The number of hydrogen-bond acceptors (Lipinski definition) is 7. The standard InChI is InChI=1S/C24H24BrN3O5S/c1-32-19-13-16(12-18(25)22(19)33-2)14-20-23(30)28(24(31)34-20)15-21(29)27-10-8-26(9-11-27)17-6-4-3-5-7-17/h3-7,12-14H,8-11,15H2,1-2H3/b20-14+. The highest BCUT2D eigenvalue weighted by Crippen LogP contribution is 2.38. The van der Waals surface area contributed by atoms with E-state index in [1.807, 2.05) is 30.3 Å². The number of nitrogens with zero attached hydrogens (tertiary/aromatic N) is 3. The predicted molar refractivity (Wildman–Crippen MR) is 135 cm³/mol. The Labute approximate surface area is 210 Å². The van der Waals surface area contributed by atoms with E-state index in [1.54, 1.807) is 23.1 Å². The topological polar surface area (TPSA) is 79.4 Å². The van der Waals surface area contributed by atoms with Gasteiger partial charge in [0.1, 0.15) is 6.54 Å². The molecule has 4 rings (SSSR count). The van der Waals surface area contributed by atoms with Crippen molar-refractivity contribution >= 4 is 56.5 Å². The summed E-state index contributed by atoms with van der Waals surface area (Å²) in [5.41, 5.74) is 1.78. The average Bonchev–Trinajstić information content (AvgIpc) is 3.11. The molecule has 0 saturated carbocycles. The van der Waals surface area contributed by atoms with Crippen LogP contribution in [-0.4, -0.2) is 73.8 Å². The van der Waals surface area contributed by atoms with Crippen LogP contribution < -0.4 is 14.4 Å². The molecule has 178 valence electrons. The van der Waals surface area contributed by atoms with Crippen LogP contribution in [0.3, 0.4) is 0 Å². The van der Waals surface area contributed by atoms with Crippen molar-refractivity contribution in [3.8, 4) is 11.5 Å². The lowest BCUT2D eigenvalue weighted by Gasteiger charge is -2.36. The van der Waals surface area contributed by atoms with Crippen LogP contribution in [0, 0.1) is 0 Å². The van der Waals surface area contributed by atoms with Crippen LogP contribution in [0.15, 0.2) is 51.8 Å². The Bertz CT molecular complexity index is 1130. The molecule has 0 aliphatic carbocycles. The second kappa shape index (κ2) is 10.5. The van der Waals surface area contributed by atoms with Gasteiger partial charge in [-0.1, -0.05) is 18.2 Å². The molecule has 2 fully saturated rings. The molecule has 8 nitrogen and oxygen atoms in total. The highest BCUT2D eigenvalue weighted by Gasteiger charge is 2.37. The zero-order valence-corrected chi connectivity index (χ0v) is 21.2. The Morgan fingerprint density at radius 2 is 1.76 bits per heavy atom. The Balaban J connectivity index is 1.40. The number of anilines is 1. The number of methoxy groups -OCH3 is 2. The molecule has 0 N–H and O–H groups in total. The summed E-state index contributed by atoms with van der Waals surface area (Å²) in [5, 5.41) is -0.452. The van der Waals surface area contributed by atoms with Crippen LogP contribution in [0.5, 0.6) is 11.5 Å². The Kier molecular flexibility index (Phi) is 7.47. The number of halogens is 1. The Morgan fingerprint density at radius 3 is 2.41 bits per heavy atom. The fourth-order valence-electron chi connectivity index (χ4n) is 3.90. The van der Waals surface area contributed by atoms with Crippen LogP contribution in [0.2, 0.25) is 0 Å². The summed E-state index contributed by atoms with van der Waals surface area (Å²) in [4.78, 5) is 43.5. The van der Waals surface area contributed by atoms with Gasteiger partial charge in [0.25, 0.3) is 11.1 Å². The number of hydrogen-bond donors (Lipinski definition) is 0. The van der Waals surface area contributed by atoms with Gasteiger partial charge in [-0.05, 0) is 63.6 Å². The number of rotatable bonds is 6. The van der Waals surface area contributed by atoms with Gasteiger partial charge in [-0.25, -0.2) is 0 Å². The van der Waals surface area contributed by atoms with Crippen molar-refractivity contribution in [3.63, 3.8) is 0 Å². The summed E-state index contributed by atoms with van der Waals surface area (Å²) >= 11 is 4.25. The molecule has 0 spiro atoms. The van der Waals surface area contributed by atoms with Gasteiger partial charge >= 0.3 is 0 Å². The molecule has 3 amide bonds. The zero-order chi connectivity index (χ0) is 24.2. The van der Waals surface area contributed by atoms with Gasteiger partial charge in [0, 0.05) is 31.9 Å². The summed E-state index contributed by atoms with van der Waals surface area (Å²) < 4.78 is 11.3. The molecule has 34 heavy (non-hydrogen) atoms. The number of thioether (sulfide) groups is 1. The van der Waals surface area contributed by atoms with E-state index >= 15 is 0 Å². The van der Waals surface area contributed by atoms with Crippen molar-refractivity contribution < 1.29 is 23.9 Å². The van der Waals surface area contributed by atoms with Crippen LogP contribution >= 0.6 is 27.7 Å².